The molecule has 0 aliphatic carbocycles. The van der Waals surface area contributed by atoms with Crippen molar-refractivity contribution >= 4 is 18.3 Å². The van der Waals surface area contributed by atoms with Gasteiger partial charge in [-0.1, -0.05) is 12.1 Å². The molecule has 0 bridgehead atoms. The van der Waals surface area contributed by atoms with Gasteiger partial charge in [0.15, 0.2) is 11.5 Å². The average Bonchev–Trinajstić information content (AvgIpc) is 2.79. The van der Waals surface area contributed by atoms with Gasteiger partial charge in [0.1, 0.15) is 6.61 Å². The molecule has 1 saturated heterocycles. The van der Waals surface area contributed by atoms with E-state index in [1.165, 1.54) is 0 Å². The van der Waals surface area contributed by atoms with Crippen LogP contribution in [-0.2, 0) is 9.53 Å². The standard InChI is InChI=1S/C16H22N2O4.ClH/c1-16(11-21-13-5-2-3-6-14(13)22-16)15(19)18-7-4-8-20-12(9-17)10-18;/h2-3,5-6,12H,4,7-11,17H2,1H3;1H. The van der Waals surface area contributed by atoms with Gasteiger partial charge in [-0.25, -0.2) is 0 Å². The second-order valence-corrected chi connectivity index (χ2v) is 5.90. The monoisotopic (exact) mass is 342 g/mol. The summed E-state index contributed by atoms with van der Waals surface area (Å²) < 4.78 is 17.3. The van der Waals surface area contributed by atoms with Crippen LogP contribution in [0.4, 0.5) is 0 Å². The summed E-state index contributed by atoms with van der Waals surface area (Å²) in [6.45, 7) is 4.15. The van der Waals surface area contributed by atoms with Gasteiger partial charge < -0.3 is 24.8 Å². The molecule has 23 heavy (non-hydrogen) atoms. The number of hydrogen-bond acceptors (Lipinski definition) is 5. The van der Waals surface area contributed by atoms with Crippen LogP contribution in [0.5, 0.6) is 11.5 Å². The fraction of sp³-hybridized carbons (Fsp3) is 0.562. The van der Waals surface area contributed by atoms with Crippen molar-refractivity contribution in [1.82, 2.24) is 4.90 Å². The summed E-state index contributed by atoms with van der Waals surface area (Å²) in [5.41, 5.74) is 4.67. The molecule has 2 atom stereocenters. The predicted octanol–water partition coefficient (Wildman–Crippen LogP) is 1.21. The Morgan fingerprint density at radius 1 is 1.39 bits per heavy atom. The maximum absolute atomic E-state index is 12.9. The minimum absolute atomic E-state index is 0. The van der Waals surface area contributed by atoms with Crippen LogP contribution < -0.4 is 15.2 Å². The number of halogens is 1. The van der Waals surface area contributed by atoms with E-state index in [1.54, 1.807) is 11.8 Å². The molecule has 2 unspecified atom stereocenters. The summed E-state index contributed by atoms with van der Waals surface area (Å²) >= 11 is 0. The Morgan fingerprint density at radius 3 is 2.87 bits per heavy atom. The van der Waals surface area contributed by atoms with Crippen molar-refractivity contribution in [3.8, 4) is 11.5 Å². The molecule has 6 nitrogen and oxygen atoms in total. The van der Waals surface area contributed by atoms with Crippen molar-refractivity contribution in [2.45, 2.75) is 25.0 Å². The summed E-state index contributed by atoms with van der Waals surface area (Å²) in [6, 6.07) is 7.39. The van der Waals surface area contributed by atoms with Crippen LogP contribution in [0.2, 0.25) is 0 Å². The maximum atomic E-state index is 12.9. The fourth-order valence-corrected chi connectivity index (χ4v) is 2.80. The van der Waals surface area contributed by atoms with Gasteiger partial charge >= 0.3 is 0 Å². The Hall–Kier alpha value is -1.50. The van der Waals surface area contributed by atoms with Crippen LogP contribution in [0.15, 0.2) is 24.3 Å². The Balaban J connectivity index is 0.00000192. The van der Waals surface area contributed by atoms with Crippen LogP contribution in [0.3, 0.4) is 0 Å². The number of carbonyl (C=O) groups excluding carboxylic acids is 1. The van der Waals surface area contributed by atoms with Gasteiger partial charge in [0, 0.05) is 26.2 Å². The van der Waals surface area contributed by atoms with Crippen molar-refractivity contribution in [3.63, 3.8) is 0 Å². The number of para-hydroxylation sites is 2. The second-order valence-electron chi connectivity index (χ2n) is 5.90. The third kappa shape index (κ3) is 3.71. The van der Waals surface area contributed by atoms with Crippen LogP contribution in [-0.4, -0.2) is 55.4 Å². The predicted molar refractivity (Wildman–Crippen MR) is 88.2 cm³/mol. The molecule has 1 aromatic rings. The summed E-state index contributed by atoms with van der Waals surface area (Å²) in [6.07, 6.45) is 0.683. The lowest BCUT2D eigenvalue weighted by Crippen LogP contribution is -2.57. The highest BCUT2D eigenvalue weighted by molar-refractivity contribution is 5.86. The van der Waals surface area contributed by atoms with Crippen molar-refractivity contribution < 1.29 is 19.0 Å². The van der Waals surface area contributed by atoms with E-state index in [1.807, 2.05) is 24.3 Å². The topological polar surface area (TPSA) is 74.0 Å². The van der Waals surface area contributed by atoms with Gasteiger partial charge in [0.2, 0.25) is 5.60 Å². The number of hydrogen-bond donors (Lipinski definition) is 1. The first-order valence-corrected chi connectivity index (χ1v) is 7.64. The number of benzene rings is 1. The lowest BCUT2D eigenvalue weighted by Gasteiger charge is -2.38. The van der Waals surface area contributed by atoms with Gasteiger partial charge in [-0.3, -0.25) is 4.79 Å². The van der Waals surface area contributed by atoms with Crippen LogP contribution in [0, 0.1) is 0 Å². The first-order valence-electron chi connectivity index (χ1n) is 7.64. The minimum Gasteiger partial charge on any atom is -0.485 e. The van der Waals surface area contributed by atoms with Crippen molar-refractivity contribution in [1.29, 1.82) is 0 Å². The molecule has 7 heteroatoms. The van der Waals surface area contributed by atoms with Crippen molar-refractivity contribution in [2.75, 3.05) is 32.8 Å². The van der Waals surface area contributed by atoms with Crippen LogP contribution >= 0.6 is 12.4 Å². The molecule has 2 heterocycles. The molecule has 2 aliphatic heterocycles. The smallest absolute Gasteiger partial charge is 0.270 e. The molecule has 1 fully saturated rings. The largest absolute Gasteiger partial charge is 0.485 e. The van der Waals surface area contributed by atoms with Crippen LogP contribution in [0.1, 0.15) is 13.3 Å². The number of nitrogens with two attached hydrogens (primary N) is 1. The number of rotatable bonds is 2. The number of fused-ring (bicyclic) bond motifs is 1. The van der Waals surface area contributed by atoms with E-state index >= 15 is 0 Å². The summed E-state index contributed by atoms with van der Waals surface area (Å²) in [7, 11) is 0. The summed E-state index contributed by atoms with van der Waals surface area (Å²) in [5.74, 6) is 1.20. The summed E-state index contributed by atoms with van der Waals surface area (Å²) in [4.78, 5) is 14.7. The van der Waals surface area contributed by atoms with E-state index in [0.717, 1.165) is 6.42 Å². The Bertz CT molecular complexity index is 557. The maximum Gasteiger partial charge on any atom is 0.270 e. The Morgan fingerprint density at radius 2 is 2.13 bits per heavy atom. The van der Waals surface area contributed by atoms with E-state index in [4.69, 9.17) is 19.9 Å². The zero-order valence-electron chi connectivity index (χ0n) is 13.2. The molecule has 3 rings (SSSR count). The van der Waals surface area contributed by atoms with E-state index in [-0.39, 0.29) is 31.0 Å². The first-order chi connectivity index (χ1) is 10.6. The second kappa shape index (κ2) is 7.38. The zero-order valence-corrected chi connectivity index (χ0v) is 14.0. The molecular weight excluding hydrogens is 320 g/mol. The van der Waals surface area contributed by atoms with Gasteiger partial charge in [-0.05, 0) is 25.5 Å². The van der Waals surface area contributed by atoms with Gasteiger partial charge in [0.25, 0.3) is 5.91 Å². The Labute approximate surface area is 142 Å². The molecule has 2 aliphatic rings. The number of amides is 1. The molecule has 128 valence electrons. The number of ether oxygens (including phenoxy) is 3. The molecule has 1 amide bonds. The Kier molecular flexibility index (Phi) is 5.73. The molecule has 2 N–H and O–H groups in total. The highest BCUT2D eigenvalue weighted by atomic mass is 35.5. The zero-order chi connectivity index (χ0) is 15.6. The fourth-order valence-electron chi connectivity index (χ4n) is 2.80. The third-order valence-corrected chi connectivity index (χ3v) is 4.04. The van der Waals surface area contributed by atoms with Crippen molar-refractivity contribution in [3.05, 3.63) is 24.3 Å². The molecular formula is C16H23ClN2O4. The SMILES string of the molecule is CC1(C(=O)N2CCCOC(CN)C2)COc2ccccc2O1.Cl. The summed E-state index contributed by atoms with van der Waals surface area (Å²) in [5, 5.41) is 0. The van der Waals surface area contributed by atoms with Gasteiger partial charge in [-0.2, -0.15) is 0 Å². The normalized spacial score (nSPS) is 26.9. The highest BCUT2D eigenvalue weighted by Gasteiger charge is 2.43. The van der Waals surface area contributed by atoms with Crippen molar-refractivity contribution in [2.24, 2.45) is 5.73 Å². The quantitative estimate of drug-likeness (QED) is 0.874. The molecule has 0 radical (unpaired) electrons. The van der Waals surface area contributed by atoms with E-state index in [0.29, 0.717) is 37.7 Å². The van der Waals surface area contributed by atoms with E-state index < -0.39 is 5.60 Å². The molecule has 0 spiro atoms. The lowest BCUT2D eigenvalue weighted by atomic mass is 10.0. The number of carbonyl (C=O) groups is 1. The average molecular weight is 343 g/mol. The van der Waals surface area contributed by atoms with Gasteiger partial charge in [0.05, 0.1) is 6.10 Å². The lowest BCUT2D eigenvalue weighted by molar-refractivity contribution is -0.152. The van der Waals surface area contributed by atoms with E-state index in [2.05, 4.69) is 0 Å². The van der Waals surface area contributed by atoms with E-state index in [9.17, 15) is 4.79 Å². The molecule has 0 saturated carbocycles. The minimum atomic E-state index is -1.02. The molecule has 0 aromatic heterocycles. The first kappa shape index (κ1) is 17.8. The molecule has 1 aromatic carbocycles. The third-order valence-electron chi connectivity index (χ3n) is 4.04. The number of nitrogens with zero attached hydrogens (tertiary/aromatic N) is 1. The van der Waals surface area contributed by atoms with Crippen LogP contribution in [0.25, 0.3) is 0 Å². The van der Waals surface area contributed by atoms with Gasteiger partial charge in [-0.15, -0.1) is 12.4 Å². The highest BCUT2D eigenvalue weighted by Crippen LogP contribution is 2.35.